The summed E-state index contributed by atoms with van der Waals surface area (Å²) in [4.78, 5) is 23.9. The van der Waals surface area contributed by atoms with Crippen molar-refractivity contribution >= 4 is 13.3 Å². The van der Waals surface area contributed by atoms with E-state index in [1.807, 2.05) is 13.8 Å². The molecule has 2 N–H and O–H groups in total. The minimum Gasteiger partial charge on any atom is -0.478 e. The largest absolute Gasteiger partial charge is 0.478 e. The number of aliphatic carboxylic acids is 1. The van der Waals surface area contributed by atoms with E-state index in [-0.39, 0.29) is 23.8 Å². The first-order chi connectivity index (χ1) is 12.7. The van der Waals surface area contributed by atoms with Gasteiger partial charge in [-0.15, -0.1) is 0 Å². The molecule has 0 aromatic rings. The molecule has 0 saturated heterocycles. The molecule has 0 bridgehead atoms. The molecule has 0 rings (SSSR count). The Balaban J connectivity index is 4.30. The highest BCUT2D eigenvalue weighted by molar-refractivity contribution is 7.58. The van der Waals surface area contributed by atoms with E-state index in [1.54, 1.807) is 6.08 Å². The van der Waals surface area contributed by atoms with Crippen LogP contribution in [0.25, 0.3) is 0 Å². The lowest BCUT2D eigenvalue weighted by Gasteiger charge is -2.21. The molecule has 0 radical (unpaired) electrons. The van der Waals surface area contributed by atoms with E-state index < -0.39 is 13.3 Å². The van der Waals surface area contributed by atoms with Crippen molar-refractivity contribution in [2.24, 2.45) is 5.92 Å². The van der Waals surface area contributed by atoms with Gasteiger partial charge < -0.3 is 14.9 Å². The molecule has 27 heavy (non-hydrogen) atoms. The Bertz CT molecular complexity index is 469. The summed E-state index contributed by atoms with van der Waals surface area (Å²) in [5.41, 5.74) is 0.0917. The van der Waals surface area contributed by atoms with E-state index in [4.69, 9.17) is 0 Å². The molecule has 0 aliphatic rings. The van der Waals surface area contributed by atoms with Gasteiger partial charge in [-0.1, -0.05) is 53.0 Å². The zero-order valence-electron chi connectivity index (χ0n) is 18.0. The van der Waals surface area contributed by atoms with Crippen molar-refractivity contribution in [3.05, 3.63) is 11.6 Å². The van der Waals surface area contributed by atoms with Crippen LogP contribution in [0, 0.1) is 5.92 Å². The van der Waals surface area contributed by atoms with Crippen molar-refractivity contribution < 1.29 is 19.4 Å². The molecule has 5 nitrogen and oxygen atoms in total. The Morgan fingerprint density at radius 3 is 2.04 bits per heavy atom. The molecular formula is C21H42NO4P. The second kappa shape index (κ2) is 15.3. The molecule has 6 heteroatoms. The Morgan fingerprint density at radius 2 is 1.56 bits per heavy atom. The zero-order chi connectivity index (χ0) is 20.7. The Morgan fingerprint density at radius 1 is 1.00 bits per heavy atom. The van der Waals surface area contributed by atoms with Crippen molar-refractivity contribution in [3.63, 3.8) is 0 Å². The zero-order valence-corrected chi connectivity index (χ0v) is 18.8. The molecule has 0 aliphatic carbocycles. The van der Waals surface area contributed by atoms with Crippen LogP contribution in [0.4, 0.5) is 0 Å². The van der Waals surface area contributed by atoms with Crippen LogP contribution in [0.5, 0.6) is 0 Å². The first-order valence-corrected chi connectivity index (χ1v) is 12.7. The van der Waals surface area contributed by atoms with Crippen molar-refractivity contribution in [1.29, 1.82) is 0 Å². The van der Waals surface area contributed by atoms with Crippen LogP contribution in [-0.4, -0.2) is 52.8 Å². The summed E-state index contributed by atoms with van der Waals surface area (Å²) in [6.07, 6.45) is 10.3. The fraction of sp³-hybridized carbons (Fsp3) is 0.857. The normalized spacial score (nSPS) is 14.7. The minimum absolute atomic E-state index is 0.0826. The first-order valence-electron chi connectivity index (χ1n) is 10.7. The number of carboxylic acid groups (broad SMARTS) is 1. The molecule has 160 valence electrons. The van der Waals surface area contributed by atoms with Crippen LogP contribution in [-0.2, 0) is 9.36 Å². The molecule has 0 heterocycles. The van der Waals surface area contributed by atoms with Gasteiger partial charge in [0.25, 0.3) is 0 Å². The second-order valence-corrected chi connectivity index (χ2v) is 10.4. The van der Waals surface area contributed by atoms with Crippen LogP contribution >= 0.6 is 7.37 Å². The maximum Gasteiger partial charge on any atom is 0.331 e. The van der Waals surface area contributed by atoms with Crippen LogP contribution in [0.1, 0.15) is 79.1 Å². The molecule has 0 aromatic carbocycles. The summed E-state index contributed by atoms with van der Waals surface area (Å²) in [6, 6.07) is 0. The quantitative estimate of drug-likeness (QED) is 0.193. The number of unbranched alkanes of at least 4 members (excludes halogenated alkanes) is 5. The lowest BCUT2D eigenvalue weighted by molar-refractivity contribution is -0.132. The number of carbonyl (C=O) groups is 1. The molecule has 1 unspecified atom stereocenters. The molecule has 0 spiro atoms. The average Bonchev–Trinajstić information content (AvgIpc) is 2.56. The van der Waals surface area contributed by atoms with Gasteiger partial charge in [-0.05, 0) is 57.7 Å². The van der Waals surface area contributed by atoms with Crippen molar-refractivity contribution in [1.82, 2.24) is 4.90 Å². The molecular weight excluding hydrogens is 361 g/mol. The smallest absolute Gasteiger partial charge is 0.331 e. The third kappa shape index (κ3) is 15.0. The van der Waals surface area contributed by atoms with Crippen molar-refractivity contribution in [3.8, 4) is 0 Å². The highest BCUT2D eigenvalue weighted by Crippen LogP contribution is 2.44. The topological polar surface area (TPSA) is 77.8 Å². The number of hydrogen-bond donors (Lipinski definition) is 2. The standard InChI is InChI=1S/C21H42NO4P/c1-5-7-14-22(15-8-6-2)16-12-10-9-11-13-20(21(23)24)18-27(25,26)17-19(3)4/h13,19H,5-12,14-18H2,1-4H3,(H,23,24)(H,25,26). The van der Waals surface area contributed by atoms with Crippen LogP contribution in [0.15, 0.2) is 11.6 Å². The van der Waals surface area contributed by atoms with Crippen LogP contribution in [0.2, 0.25) is 0 Å². The molecule has 0 aliphatic heterocycles. The van der Waals surface area contributed by atoms with E-state index in [2.05, 4.69) is 18.7 Å². The van der Waals surface area contributed by atoms with Crippen LogP contribution < -0.4 is 0 Å². The number of rotatable bonds is 17. The molecule has 0 saturated carbocycles. The number of hydrogen-bond acceptors (Lipinski definition) is 3. The van der Waals surface area contributed by atoms with Gasteiger partial charge in [0, 0.05) is 11.7 Å². The minimum atomic E-state index is -3.41. The van der Waals surface area contributed by atoms with Gasteiger partial charge in [0.05, 0.1) is 6.16 Å². The molecule has 0 amide bonds. The van der Waals surface area contributed by atoms with Crippen molar-refractivity contribution in [2.75, 3.05) is 32.0 Å². The molecule has 1 atom stereocenters. The summed E-state index contributed by atoms with van der Waals surface area (Å²) >= 11 is 0. The molecule has 0 fully saturated rings. The SMILES string of the molecule is CCCCN(CCCC)CCCCCC=C(CP(=O)(O)CC(C)C)C(=O)O. The average molecular weight is 404 g/mol. The highest BCUT2D eigenvalue weighted by Gasteiger charge is 2.24. The third-order valence-corrected chi connectivity index (χ3v) is 6.70. The predicted octanol–water partition coefficient (Wildman–Crippen LogP) is 5.39. The van der Waals surface area contributed by atoms with E-state index in [0.29, 0.717) is 6.42 Å². The van der Waals surface area contributed by atoms with E-state index in [9.17, 15) is 19.4 Å². The Kier molecular flexibility index (Phi) is 14.9. The maximum atomic E-state index is 12.2. The van der Waals surface area contributed by atoms with Gasteiger partial charge in [-0.2, -0.15) is 0 Å². The summed E-state index contributed by atoms with van der Waals surface area (Å²) in [7, 11) is -3.41. The van der Waals surface area contributed by atoms with Gasteiger partial charge in [0.2, 0.25) is 7.37 Å². The van der Waals surface area contributed by atoms with Gasteiger partial charge in [-0.25, -0.2) is 4.79 Å². The maximum absolute atomic E-state index is 12.2. The summed E-state index contributed by atoms with van der Waals surface area (Å²) in [6.45, 7) is 11.6. The number of nitrogens with zero attached hydrogens (tertiary/aromatic N) is 1. The van der Waals surface area contributed by atoms with Gasteiger partial charge in [0.15, 0.2) is 0 Å². The summed E-state index contributed by atoms with van der Waals surface area (Å²) < 4.78 is 12.2. The monoisotopic (exact) mass is 403 g/mol. The Labute approximate surface area is 166 Å². The lowest BCUT2D eigenvalue weighted by atomic mass is 10.1. The van der Waals surface area contributed by atoms with Gasteiger partial charge >= 0.3 is 5.97 Å². The first kappa shape index (κ1) is 26.4. The predicted molar refractivity (Wildman–Crippen MR) is 115 cm³/mol. The number of carboxylic acids is 1. The summed E-state index contributed by atoms with van der Waals surface area (Å²) in [5.74, 6) is -0.988. The van der Waals surface area contributed by atoms with E-state index in [0.717, 1.165) is 25.8 Å². The van der Waals surface area contributed by atoms with Crippen molar-refractivity contribution in [2.45, 2.75) is 79.1 Å². The lowest BCUT2D eigenvalue weighted by Crippen LogP contribution is -2.27. The number of allylic oxidation sites excluding steroid dienone is 1. The fourth-order valence-electron chi connectivity index (χ4n) is 3.15. The third-order valence-electron chi connectivity index (χ3n) is 4.57. The molecule has 0 aromatic heterocycles. The van der Waals surface area contributed by atoms with Gasteiger partial charge in [-0.3, -0.25) is 4.57 Å². The van der Waals surface area contributed by atoms with E-state index in [1.165, 1.54) is 38.8 Å². The van der Waals surface area contributed by atoms with Crippen LogP contribution in [0.3, 0.4) is 0 Å². The Hall–Kier alpha value is -0.640. The fourth-order valence-corrected chi connectivity index (χ4v) is 5.22. The van der Waals surface area contributed by atoms with Gasteiger partial charge in [0.1, 0.15) is 0 Å². The second-order valence-electron chi connectivity index (χ2n) is 8.01. The highest BCUT2D eigenvalue weighted by atomic mass is 31.2. The summed E-state index contributed by atoms with van der Waals surface area (Å²) in [5, 5.41) is 9.30. The van der Waals surface area contributed by atoms with E-state index >= 15 is 0 Å².